The molecule has 1 aromatic rings. The largest absolute Gasteiger partial charge is 0.820 e. The molecule has 0 aliphatic heterocycles. The predicted molar refractivity (Wildman–Crippen MR) is 52.1 cm³/mol. The summed E-state index contributed by atoms with van der Waals surface area (Å²) >= 11 is 0. The Bertz CT molecular complexity index is 295. The average molecular weight is 210 g/mol. The lowest BCUT2D eigenvalue weighted by Crippen LogP contribution is -2.13. The van der Waals surface area contributed by atoms with E-state index >= 15 is 0 Å². The van der Waals surface area contributed by atoms with Crippen molar-refractivity contribution < 1.29 is 14.3 Å². The van der Waals surface area contributed by atoms with Crippen LogP contribution in [-0.4, -0.2) is 0 Å². The summed E-state index contributed by atoms with van der Waals surface area (Å²) in [6, 6.07) is 7.43. The van der Waals surface area contributed by atoms with Crippen molar-refractivity contribution >= 4 is 8.60 Å². The molecule has 4 heteroatoms. The molecule has 0 spiro atoms. The molecule has 0 amide bonds. The lowest BCUT2D eigenvalue weighted by atomic mass is 10.1. The highest BCUT2D eigenvalue weighted by molar-refractivity contribution is 7.36. The molecule has 0 radical (unpaired) electrons. The van der Waals surface area contributed by atoms with Gasteiger partial charge in [-0.05, 0) is 12.5 Å². The van der Waals surface area contributed by atoms with Gasteiger partial charge in [0.15, 0.2) is 0 Å². The van der Waals surface area contributed by atoms with Crippen LogP contribution in [0.4, 0.5) is 0 Å². The molecule has 1 rings (SSSR count). The molecule has 1 aromatic carbocycles. The van der Waals surface area contributed by atoms with E-state index in [4.69, 9.17) is 0 Å². The summed E-state index contributed by atoms with van der Waals surface area (Å²) < 4.78 is 4.66. The third-order valence-electron chi connectivity index (χ3n) is 1.82. The molecule has 3 nitrogen and oxygen atoms in total. The van der Waals surface area contributed by atoms with Crippen molar-refractivity contribution in [3.8, 4) is 0 Å². The van der Waals surface area contributed by atoms with E-state index < -0.39 is 14.7 Å². The maximum absolute atomic E-state index is 10.4. The first-order chi connectivity index (χ1) is 6.63. The normalized spacial score (nSPS) is 12.9. The molecular weight excluding hydrogens is 199 g/mol. The van der Waals surface area contributed by atoms with Crippen LogP contribution in [0.1, 0.15) is 17.2 Å². The second kappa shape index (κ2) is 5.23. The monoisotopic (exact) mass is 210 g/mol. The van der Waals surface area contributed by atoms with Gasteiger partial charge in [0.25, 0.3) is 0 Å². The molecule has 76 valence electrons. The molecule has 0 saturated carbocycles. The van der Waals surface area contributed by atoms with Gasteiger partial charge in [-0.3, -0.25) is 0 Å². The number of rotatable bonds is 4. The molecule has 1 unspecified atom stereocenters. The zero-order valence-corrected chi connectivity index (χ0v) is 8.74. The highest BCUT2D eigenvalue weighted by Crippen LogP contribution is 2.28. The number of hydrogen-bond donors (Lipinski definition) is 0. The molecular formula is C10H11O3P-2. The van der Waals surface area contributed by atoms with Gasteiger partial charge in [-0.1, -0.05) is 35.9 Å². The van der Waals surface area contributed by atoms with Gasteiger partial charge in [0, 0.05) is 0 Å². The Kier molecular flexibility index (Phi) is 4.23. The van der Waals surface area contributed by atoms with Gasteiger partial charge in [-0.2, -0.15) is 8.60 Å². The third-order valence-corrected chi connectivity index (χ3v) is 2.22. The maximum Gasteiger partial charge on any atom is 0.101 e. The predicted octanol–water partition coefficient (Wildman–Crippen LogP) is 1.19. The summed E-state index contributed by atoms with van der Waals surface area (Å²) in [6.07, 6.45) is 0.868. The highest BCUT2D eigenvalue weighted by atomic mass is 31.2. The van der Waals surface area contributed by atoms with E-state index in [2.05, 4.69) is 11.1 Å². The van der Waals surface area contributed by atoms with Gasteiger partial charge in [0.05, 0.1) is 0 Å². The molecule has 0 aromatic heterocycles. The van der Waals surface area contributed by atoms with Crippen LogP contribution in [0.5, 0.6) is 0 Å². The van der Waals surface area contributed by atoms with Crippen molar-refractivity contribution in [2.75, 3.05) is 0 Å². The standard InChI is InChI=1S/C10H11O3P/c1-3-10(13-14(11)12)9-6-4-8(2)5-7-9/h3-7,10H,1H2,2H3/q-2. The Balaban J connectivity index is 2.78. The molecule has 0 heterocycles. The first kappa shape index (κ1) is 11.3. The Morgan fingerprint density at radius 2 is 1.93 bits per heavy atom. The fraction of sp³-hybridized carbons (Fsp3) is 0.200. The summed E-state index contributed by atoms with van der Waals surface area (Å²) in [6.45, 7) is 5.48. The summed E-state index contributed by atoms with van der Waals surface area (Å²) in [5.41, 5.74) is 1.90. The quantitative estimate of drug-likeness (QED) is 0.554. The second-order valence-electron chi connectivity index (χ2n) is 2.90. The van der Waals surface area contributed by atoms with Gasteiger partial charge < -0.3 is 14.3 Å². The Hall–Kier alpha value is -0.730. The van der Waals surface area contributed by atoms with E-state index in [1.165, 1.54) is 6.08 Å². The first-order valence-electron chi connectivity index (χ1n) is 4.14. The van der Waals surface area contributed by atoms with E-state index in [1.807, 2.05) is 31.2 Å². The molecule has 0 bridgehead atoms. The summed E-state index contributed by atoms with van der Waals surface area (Å²) in [5.74, 6) is 0. The molecule has 0 aliphatic rings. The third kappa shape index (κ3) is 3.20. The number of aryl methyl sites for hydroxylation is 1. The molecule has 14 heavy (non-hydrogen) atoms. The first-order valence-corrected chi connectivity index (χ1v) is 5.23. The number of benzene rings is 1. The highest BCUT2D eigenvalue weighted by Gasteiger charge is 2.05. The zero-order valence-electron chi connectivity index (χ0n) is 7.84. The van der Waals surface area contributed by atoms with E-state index in [0.29, 0.717) is 0 Å². The van der Waals surface area contributed by atoms with Crippen LogP contribution in [0, 0.1) is 6.92 Å². The van der Waals surface area contributed by atoms with Crippen molar-refractivity contribution in [3.05, 3.63) is 48.0 Å². The smallest absolute Gasteiger partial charge is 0.101 e. The lowest BCUT2D eigenvalue weighted by Gasteiger charge is -2.33. The molecule has 1 atom stereocenters. The van der Waals surface area contributed by atoms with Crippen LogP contribution in [0.2, 0.25) is 0 Å². The van der Waals surface area contributed by atoms with Gasteiger partial charge in [0.2, 0.25) is 0 Å². The summed E-state index contributed by atoms with van der Waals surface area (Å²) in [7, 11) is -2.85. The summed E-state index contributed by atoms with van der Waals surface area (Å²) in [4.78, 5) is 20.8. The van der Waals surface area contributed by atoms with Crippen LogP contribution in [0.3, 0.4) is 0 Å². The summed E-state index contributed by atoms with van der Waals surface area (Å²) in [5, 5.41) is 0. The average Bonchev–Trinajstić information content (AvgIpc) is 2.15. The molecule has 0 fully saturated rings. The lowest BCUT2D eigenvalue weighted by molar-refractivity contribution is -0.320. The van der Waals surface area contributed by atoms with Crippen LogP contribution < -0.4 is 9.79 Å². The topological polar surface area (TPSA) is 55.3 Å². The van der Waals surface area contributed by atoms with Crippen LogP contribution in [-0.2, 0) is 4.52 Å². The zero-order chi connectivity index (χ0) is 10.6. The van der Waals surface area contributed by atoms with Crippen LogP contribution in [0.15, 0.2) is 36.9 Å². The fourth-order valence-corrected chi connectivity index (χ4v) is 1.48. The van der Waals surface area contributed by atoms with Crippen molar-refractivity contribution in [1.82, 2.24) is 0 Å². The van der Waals surface area contributed by atoms with Crippen LogP contribution in [0.25, 0.3) is 0 Å². The van der Waals surface area contributed by atoms with Crippen molar-refractivity contribution in [2.45, 2.75) is 13.0 Å². The van der Waals surface area contributed by atoms with E-state index in [9.17, 15) is 9.79 Å². The molecule has 0 saturated heterocycles. The molecule has 0 N–H and O–H groups in total. The van der Waals surface area contributed by atoms with Gasteiger partial charge in [-0.25, -0.2) is 0 Å². The minimum atomic E-state index is -2.85. The van der Waals surface area contributed by atoms with E-state index in [-0.39, 0.29) is 0 Å². The van der Waals surface area contributed by atoms with Crippen molar-refractivity contribution in [3.63, 3.8) is 0 Å². The Labute approximate surface area is 84.7 Å². The van der Waals surface area contributed by atoms with Crippen molar-refractivity contribution in [2.24, 2.45) is 0 Å². The Morgan fingerprint density at radius 3 is 2.36 bits per heavy atom. The minimum absolute atomic E-state index is 0.586. The van der Waals surface area contributed by atoms with Crippen molar-refractivity contribution in [1.29, 1.82) is 0 Å². The molecule has 0 aliphatic carbocycles. The fourth-order valence-electron chi connectivity index (χ4n) is 1.09. The maximum atomic E-state index is 10.4. The second-order valence-corrected chi connectivity index (χ2v) is 3.55. The van der Waals surface area contributed by atoms with Gasteiger partial charge >= 0.3 is 0 Å². The Morgan fingerprint density at radius 1 is 1.36 bits per heavy atom. The van der Waals surface area contributed by atoms with Gasteiger partial charge in [-0.15, -0.1) is 6.58 Å². The van der Waals surface area contributed by atoms with E-state index in [1.54, 1.807) is 0 Å². The minimum Gasteiger partial charge on any atom is -0.820 e. The number of hydrogen-bond acceptors (Lipinski definition) is 3. The SMILES string of the molecule is C=CC(OP([O-])[O-])c1ccc(C)cc1. The van der Waals surface area contributed by atoms with Crippen LogP contribution >= 0.6 is 8.60 Å². The van der Waals surface area contributed by atoms with Gasteiger partial charge in [0.1, 0.15) is 6.10 Å². The van der Waals surface area contributed by atoms with E-state index in [0.717, 1.165) is 11.1 Å².